The first-order chi connectivity index (χ1) is 6.23. The van der Waals surface area contributed by atoms with Gasteiger partial charge in [-0.15, -0.1) is 0 Å². The Morgan fingerprint density at radius 3 is 2.62 bits per heavy atom. The second kappa shape index (κ2) is 3.67. The zero-order valence-electron chi connectivity index (χ0n) is 7.42. The summed E-state index contributed by atoms with van der Waals surface area (Å²) in [5.74, 6) is 0.227. The second-order valence-corrected chi connectivity index (χ2v) is 4.98. The van der Waals surface area contributed by atoms with Gasteiger partial charge in [0.15, 0.2) is 12.1 Å². The molecule has 1 aliphatic heterocycles. The highest BCUT2D eigenvalue weighted by atomic mass is 79.9. The fourth-order valence-corrected chi connectivity index (χ4v) is 2.63. The first-order valence-corrected chi connectivity index (χ1v) is 5.48. The summed E-state index contributed by atoms with van der Waals surface area (Å²) < 4.78 is 10.2. The van der Waals surface area contributed by atoms with Gasteiger partial charge in [-0.05, 0) is 12.8 Å². The summed E-state index contributed by atoms with van der Waals surface area (Å²) in [5, 5.41) is 0. The molecule has 1 saturated carbocycles. The van der Waals surface area contributed by atoms with Crippen LogP contribution in [0.1, 0.15) is 25.7 Å². The first kappa shape index (κ1) is 9.62. The van der Waals surface area contributed by atoms with Crippen LogP contribution in [0.15, 0.2) is 0 Å². The summed E-state index contributed by atoms with van der Waals surface area (Å²) in [7, 11) is 0. The van der Waals surface area contributed by atoms with Gasteiger partial charge in [0, 0.05) is 6.42 Å². The Morgan fingerprint density at radius 1 is 1.31 bits per heavy atom. The first-order valence-electron chi connectivity index (χ1n) is 4.69. The average molecular weight is 249 g/mol. The summed E-state index contributed by atoms with van der Waals surface area (Å²) in [6.07, 6.45) is 3.18. The monoisotopic (exact) mass is 248 g/mol. The van der Waals surface area contributed by atoms with E-state index in [1.807, 2.05) is 0 Å². The van der Waals surface area contributed by atoms with Crippen LogP contribution in [0.3, 0.4) is 0 Å². The number of rotatable bonds is 1. The molecule has 4 heteroatoms. The Kier molecular flexibility index (Phi) is 2.72. The molecule has 2 aliphatic rings. The molecule has 2 fully saturated rings. The van der Waals surface area contributed by atoms with Crippen molar-refractivity contribution in [3.8, 4) is 0 Å². The van der Waals surface area contributed by atoms with Crippen molar-refractivity contribution in [2.75, 3.05) is 13.2 Å². The smallest absolute Gasteiger partial charge is 0.179 e. The Balaban J connectivity index is 2.11. The zero-order valence-corrected chi connectivity index (χ0v) is 9.01. The number of alkyl halides is 1. The van der Waals surface area contributed by atoms with Crippen LogP contribution in [0.5, 0.6) is 0 Å². The van der Waals surface area contributed by atoms with Gasteiger partial charge in [-0.1, -0.05) is 22.4 Å². The SMILES string of the molecule is O=C1CCCCC1(Br)C1OCCO1. The van der Waals surface area contributed by atoms with E-state index in [9.17, 15) is 4.79 Å². The third kappa shape index (κ3) is 1.67. The molecule has 0 radical (unpaired) electrons. The number of hydrogen-bond donors (Lipinski definition) is 0. The van der Waals surface area contributed by atoms with Crippen LogP contribution in [0, 0.1) is 0 Å². The van der Waals surface area contributed by atoms with Gasteiger partial charge in [-0.25, -0.2) is 0 Å². The van der Waals surface area contributed by atoms with Crippen molar-refractivity contribution in [1.82, 2.24) is 0 Å². The Labute approximate surface area is 85.9 Å². The van der Waals surface area contributed by atoms with Crippen LogP contribution in [0.25, 0.3) is 0 Å². The van der Waals surface area contributed by atoms with Crippen molar-refractivity contribution in [3.63, 3.8) is 0 Å². The topological polar surface area (TPSA) is 35.5 Å². The molecule has 0 bridgehead atoms. The van der Waals surface area contributed by atoms with E-state index in [2.05, 4.69) is 15.9 Å². The molecule has 1 saturated heterocycles. The maximum absolute atomic E-state index is 11.7. The highest BCUT2D eigenvalue weighted by Gasteiger charge is 2.47. The number of ketones is 1. The largest absolute Gasteiger partial charge is 0.348 e. The number of halogens is 1. The maximum atomic E-state index is 11.7. The number of Topliss-reactive ketones (excluding diaryl/α,β-unsaturated/α-hetero) is 1. The average Bonchev–Trinajstić information content (AvgIpc) is 2.63. The molecule has 0 spiro atoms. The Hall–Kier alpha value is 0.0700. The van der Waals surface area contributed by atoms with E-state index in [4.69, 9.17) is 9.47 Å². The van der Waals surface area contributed by atoms with Gasteiger partial charge < -0.3 is 9.47 Å². The molecule has 1 aliphatic carbocycles. The molecule has 1 unspecified atom stereocenters. The van der Waals surface area contributed by atoms with Gasteiger partial charge in [0.2, 0.25) is 0 Å². The standard InChI is InChI=1S/C9H13BrO3/c10-9(8-12-5-6-13-8)4-2-1-3-7(9)11/h8H,1-6H2. The van der Waals surface area contributed by atoms with Crippen molar-refractivity contribution in [2.45, 2.75) is 36.3 Å². The van der Waals surface area contributed by atoms with E-state index >= 15 is 0 Å². The molecule has 1 heterocycles. The summed E-state index contributed by atoms with van der Waals surface area (Å²) in [4.78, 5) is 11.7. The lowest BCUT2D eigenvalue weighted by atomic mass is 9.87. The number of ether oxygens (including phenoxy) is 2. The third-order valence-electron chi connectivity index (χ3n) is 2.65. The fraction of sp³-hybridized carbons (Fsp3) is 0.889. The molecule has 0 aromatic rings. The molecule has 74 valence electrons. The molecule has 2 rings (SSSR count). The van der Waals surface area contributed by atoms with Crippen molar-refractivity contribution < 1.29 is 14.3 Å². The fourth-order valence-electron chi connectivity index (χ4n) is 1.89. The summed E-state index contributed by atoms with van der Waals surface area (Å²) in [6, 6.07) is 0. The van der Waals surface area contributed by atoms with E-state index in [1.165, 1.54) is 0 Å². The van der Waals surface area contributed by atoms with E-state index in [-0.39, 0.29) is 12.1 Å². The molecular formula is C9H13BrO3. The van der Waals surface area contributed by atoms with Crippen LogP contribution < -0.4 is 0 Å². The lowest BCUT2D eigenvalue weighted by molar-refractivity contribution is -0.136. The van der Waals surface area contributed by atoms with Crippen LogP contribution >= 0.6 is 15.9 Å². The van der Waals surface area contributed by atoms with Crippen LogP contribution in [0.2, 0.25) is 0 Å². The maximum Gasteiger partial charge on any atom is 0.179 e. The third-order valence-corrected chi connectivity index (χ3v) is 3.87. The van der Waals surface area contributed by atoms with Gasteiger partial charge >= 0.3 is 0 Å². The van der Waals surface area contributed by atoms with Gasteiger partial charge in [-0.3, -0.25) is 4.79 Å². The van der Waals surface area contributed by atoms with E-state index in [0.717, 1.165) is 19.3 Å². The predicted octanol–water partition coefficient (Wildman–Crippen LogP) is 1.64. The van der Waals surface area contributed by atoms with Crippen LogP contribution in [0.4, 0.5) is 0 Å². The number of carbonyl (C=O) groups is 1. The van der Waals surface area contributed by atoms with Crippen LogP contribution in [-0.4, -0.2) is 29.6 Å². The highest BCUT2D eigenvalue weighted by molar-refractivity contribution is 9.10. The molecule has 13 heavy (non-hydrogen) atoms. The minimum atomic E-state index is -0.554. The lowest BCUT2D eigenvalue weighted by Gasteiger charge is -2.33. The number of carbonyl (C=O) groups excluding carboxylic acids is 1. The minimum Gasteiger partial charge on any atom is -0.348 e. The predicted molar refractivity (Wildman–Crippen MR) is 50.8 cm³/mol. The number of hydrogen-bond acceptors (Lipinski definition) is 3. The Bertz CT molecular complexity index is 213. The lowest BCUT2D eigenvalue weighted by Crippen LogP contribution is -2.46. The molecule has 0 aromatic carbocycles. The highest BCUT2D eigenvalue weighted by Crippen LogP contribution is 2.39. The zero-order chi connectivity index (χ0) is 9.31. The van der Waals surface area contributed by atoms with Gasteiger partial charge in [0.1, 0.15) is 4.32 Å². The molecule has 3 nitrogen and oxygen atoms in total. The summed E-state index contributed by atoms with van der Waals surface area (Å²) >= 11 is 3.49. The van der Waals surface area contributed by atoms with Crippen molar-refractivity contribution in [2.24, 2.45) is 0 Å². The Morgan fingerprint density at radius 2 is 2.00 bits per heavy atom. The van der Waals surface area contributed by atoms with E-state index in [1.54, 1.807) is 0 Å². The summed E-state index contributed by atoms with van der Waals surface area (Å²) in [5.41, 5.74) is 0. The van der Waals surface area contributed by atoms with E-state index < -0.39 is 4.32 Å². The van der Waals surface area contributed by atoms with Crippen molar-refractivity contribution >= 4 is 21.7 Å². The molecule has 0 amide bonds. The quantitative estimate of drug-likeness (QED) is 0.662. The van der Waals surface area contributed by atoms with Gasteiger partial charge in [-0.2, -0.15) is 0 Å². The summed E-state index contributed by atoms with van der Waals surface area (Å²) in [6.45, 7) is 1.20. The molecule has 0 N–H and O–H groups in total. The van der Waals surface area contributed by atoms with Crippen molar-refractivity contribution in [1.29, 1.82) is 0 Å². The van der Waals surface area contributed by atoms with Gasteiger partial charge in [0.05, 0.1) is 13.2 Å². The molecule has 0 aromatic heterocycles. The van der Waals surface area contributed by atoms with Crippen molar-refractivity contribution in [3.05, 3.63) is 0 Å². The van der Waals surface area contributed by atoms with Crippen LogP contribution in [-0.2, 0) is 14.3 Å². The normalized spacial score (nSPS) is 36.8. The van der Waals surface area contributed by atoms with E-state index in [0.29, 0.717) is 19.6 Å². The molecule has 1 atom stereocenters. The minimum absolute atomic E-state index is 0.227. The van der Waals surface area contributed by atoms with Gasteiger partial charge in [0.25, 0.3) is 0 Å². The molecular weight excluding hydrogens is 236 g/mol. The second-order valence-electron chi connectivity index (χ2n) is 3.57.